The summed E-state index contributed by atoms with van der Waals surface area (Å²) in [6.07, 6.45) is -4.81. The Bertz CT molecular complexity index is 1250. The molecule has 0 aromatic heterocycles. The Balaban J connectivity index is 2.09. The van der Waals surface area contributed by atoms with Crippen molar-refractivity contribution >= 4 is 17.6 Å². The SMILES string of the molecule is COC(=O)C(=O)N(Cc1ccc(C)cc1)c1ccc(OC(C)(C)C)c(-c2ccc(OC(F)(F)F)cc2)c1. The number of halogens is 3. The molecule has 0 saturated carbocycles. The number of aryl methyl sites for hydroxylation is 1. The number of alkyl halides is 3. The van der Waals surface area contributed by atoms with E-state index in [1.807, 2.05) is 52.0 Å². The van der Waals surface area contributed by atoms with Gasteiger partial charge in [0.2, 0.25) is 0 Å². The first-order valence-corrected chi connectivity index (χ1v) is 11.4. The summed E-state index contributed by atoms with van der Waals surface area (Å²) < 4.78 is 52.6. The van der Waals surface area contributed by atoms with Crippen LogP contribution in [0.4, 0.5) is 18.9 Å². The highest BCUT2D eigenvalue weighted by atomic mass is 19.4. The van der Waals surface area contributed by atoms with Crippen LogP contribution in [-0.4, -0.2) is 30.9 Å². The molecule has 37 heavy (non-hydrogen) atoms. The van der Waals surface area contributed by atoms with Gasteiger partial charge in [-0.05, 0) is 69.2 Å². The molecule has 0 unspecified atom stereocenters. The van der Waals surface area contributed by atoms with Gasteiger partial charge >= 0.3 is 18.2 Å². The van der Waals surface area contributed by atoms with Gasteiger partial charge in [0.15, 0.2) is 0 Å². The van der Waals surface area contributed by atoms with Crippen molar-refractivity contribution in [3.05, 3.63) is 77.9 Å². The molecule has 0 fully saturated rings. The maximum Gasteiger partial charge on any atom is 0.573 e. The molecule has 0 heterocycles. The summed E-state index contributed by atoms with van der Waals surface area (Å²) in [5.74, 6) is -1.82. The number of benzene rings is 3. The van der Waals surface area contributed by atoms with Crippen LogP contribution in [0.1, 0.15) is 31.9 Å². The first kappa shape index (κ1) is 27.6. The van der Waals surface area contributed by atoms with Crippen molar-refractivity contribution in [2.45, 2.75) is 46.2 Å². The first-order valence-electron chi connectivity index (χ1n) is 11.4. The van der Waals surface area contributed by atoms with Gasteiger partial charge in [-0.15, -0.1) is 13.2 Å². The number of hydrogen-bond acceptors (Lipinski definition) is 5. The number of anilines is 1. The molecule has 3 aromatic rings. The average molecular weight is 516 g/mol. The van der Waals surface area contributed by atoms with E-state index in [9.17, 15) is 22.8 Å². The second kappa shape index (κ2) is 10.9. The number of carbonyl (C=O) groups excluding carboxylic acids is 2. The Labute approximate surface area is 213 Å². The summed E-state index contributed by atoms with van der Waals surface area (Å²) in [7, 11) is 1.13. The molecular formula is C28H28F3NO5. The summed E-state index contributed by atoms with van der Waals surface area (Å²) in [5, 5.41) is 0. The number of esters is 1. The van der Waals surface area contributed by atoms with E-state index >= 15 is 0 Å². The molecule has 3 aromatic carbocycles. The van der Waals surface area contributed by atoms with Crippen LogP contribution in [0.3, 0.4) is 0 Å². The van der Waals surface area contributed by atoms with Crippen LogP contribution in [-0.2, 0) is 20.9 Å². The third kappa shape index (κ3) is 7.73. The van der Waals surface area contributed by atoms with Crippen LogP contribution in [0.25, 0.3) is 11.1 Å². The maximum atomic E-state index is 13.0. The van der Waals surface area contributed by atoms with Gasteiger partial charge in [0.05, 0.1) is 13.7 Å². The van der Waals surface area contributed by atoms with Crippen LogP contribution < -0.4 is 14.4 Å². The first-order chi connectivity index (χ1) is 17.3. The topological polar surface area (TPSA) is 65.1 Å². The highest BCUT2D eigenvalue weighted by Crippen LogP contribution is 2.37. The van der Waals surface area contributed by atoms with Gasteiger partial charge in [-0.3, -0.25) is 9.69 Å². The summed E-state index contributed by atoms with van der Waals surface area (Å²) in [6, 6.07) is 17.7. The van der Waals surface area contributed by atoms with E-state index in [-0.39, 0.29) is 12.3 Å². The lowest BCUT2D eigenvalue weighted by molar-refractivity contribution is -0.274. The monoisotopic (exact) mass is 515 g/mol. The Morgan fingerprint density at radius 3 is 2.03 bits per heavy atom. The van der Waals surface area contributed by atoms with Crippen molar-refractivity contribution < 1.29 is 37.0 Å². The normalized spacial score (nSPS) is 11.6. The van der Waals surface area contributed by atoms with Crippen molar-refractivity contribution in [1.29, 1.82) is 0 Å². The lowest BCUT2D eigenvalue weighted by Crippen LogP contribution is -2.37. The van der Waals surface area contributed by atoms with E-state index in [0.29, 0.717) is 22.6 Å². The predicted molar refractivity (Wildman–Crippen MR) is 133 cm³/mol. The number of ether oxygens (including phenoxy) is 3. The van der Waals surface area contributed by atoms with E-state index in [1.165, 1.54) is 29.2 Å². The smallest absolute Gasteiger partial charge is 0.488 e. The van der Waals surface area contributed by atoms with Gasteiger partial charge in [-0.2, -0.15) is 0 Å². The van der Waals surface area contributed by atoms with Gasteiger partial charge in [-0.1, -0.05) is 42.0 Å². The third-order valence-corrected chi connectivity index (χ3v) is 5.16. The minimum atomic E-state index is -4.81. The largest absolute Gasteiger partial charge is 0.573 e. The van der Waals surface area contributed by atoms with Gasteiger partial charge in [0.25, 0.3) is 0 Å². The molecule has 3 rings (SSSR count). The zero-order valence-electron chi connectivity index (χ0n) is 21.2. The zero-order chi connectivity index (χ0) is 27.4. The van der Waals surface area contributed by atoms with Gasteiger partial charge in [0, 0.05) is 11.3 Å². The summed E-state index contributed by atoms with van der Waals surface area (Å²) in [5.41, 5.74) is 2.65. The number of methoxy groups -OCH3 is 1. The summed E-state index contributed by atoms with van der Waals surface area (Å²) in [6.45, 7) is 7.60. The predicted octanol–water partition coefficient (Wildman–Crippen LogP) is 6.44. The van der Waals surface area contributed by atoms with E-state index < -0.39 is 23.8 Å². The van der Waals surface area contributed by atoms with Crippen molar-refractivity contribution in [3.63, 3.8) is 0 Å². The summed E-state index contributed by atoms with van der Waals surface area (Å²) >= 11 is 0. The molecule has 9 heteroatoms. The quantitative estimate of drug-likeness (QED) is 0.279. The Kier molecular flexibility index (Phi) is 8.15. The van der Waals surface area contributed by atoms with Crippen LogP contribution in [0.15, 0.2) is 66.7 Å². The molecule has 0 atom stereocenters. The standard InChI is InChI=1S/C28H28F3NO5/c1-18-6-8-19(9-7-18)17-32(25(33)26(34)35-5)21-12-15-24(37-27(2,3)4)23(16-21)20-10-13-22(14-11-20)36-28(29,30)31/h6-16H,17H2,1-5H3. The lowest BCUT2D eigenvalue weighted by Gasteiger charge is -2.26. The van der Waals surface area contributed by atoms with E-state index in [4.69, 9.17) is 4.74 Å². The molecule has 0 saturated heterocycles. The molecule has 0 aliphatic rings. The molecule has 0 aliphatic carbocycles. The number of hydrogen-bond donors (Lipinski definition) is 0. The lowest BCUT2D eigenvalue weighted by atomic mass is 10.0. The highest BCUT2D eigenvalue weighted by molar-refractivity contribution is 6.38. The summed E-state index contributed by atoms with van der Waals surface area (Å²) in [4.78, 5) is 26.4. The zero-order valence-corrected chi connectivity index (χ0v) is 21.2. The minimum Gasteiger partial charge on any atom is -0.488 e. The Morgan fingerprint density at radius 1 is 0.865 bits per heavy atom. The minimum absolute atomic E-state index is 0.0888. The van der Waals surface area contributed by atoms with Crippen molar-refractivity contribution in [2.75, 3.05) is 12.0 Å². The molecule has 0 N–H and O–H groups in total. The van der Waals surface area contributed by atoms with Gasteiger partial charge < -0.3 is 14.2 Å². The molecule has 196 valence electrons. The Morgan fingerprint density at radius 2 is 1.49 bits per heavy atom. The molecule has 0 spiro atoms. The third-order valence-electron chi connectivity index (χ3n) is 5.16. The number of carbonyl (C=O) groups is 2. The second-order valence-corrected chi connectivity index (χ2v) is 9.34. The highest BCUT2D eigenvalue weighted by Gasteiger charge is 2.31. The fraction of sp³-hybridized carbons (Fsp3) is 0.286. The van der Waals surface area contributed by atoms with Gasteiger partial charge in [-0.25, -0.2) is 4.79 Å². The maximum absolute atomic E-state index is 13.0. The fourth-order valence-electron chi connectivity index (χ4n) is 3.52. The van der Waals surface area contributed by atoms with Crippen molar-refractivity contribution in [1.82, 2.24) is 0 Å². The van der Waals surface area contributed by atoms with Gasteiger partial charge in [0.1, 0.15) is 17.1 Å². The number of nitrogens with zero attached hydrogens (tertiary/aromatic N) is 1. The van der Waals surface area contributed by atoms with E-state index in [1.54, 1.807) is 18.2 Å². The average Bonchev–Trinajstić information content (AvgIpc) is 2.82. The molecule has 6 nitrogen and oxygen atoms in total. The number of amides is 1. The van der Waals surface area contributed by atoms with Crippen LogP contribution >= 0.6 is 0 Å². The van der Waals surface area contributed by atoms with Crippen LogP contribution in [0.2, 0.25) is 0 Å². The second-order valence-electron chi connectivity index (χ2n) is 9.34. The van der Waals surface area contributed by atoms with Crippen LogP contribution in [0, 0.1) is 6.92 Å². The molecule has 0 radical (unpaired) electrons. The Hall–Kier alpha value is -4.01. The van der Waals surface area contributed by atoms with E-state index in [0.717, 1.165) is 18.2 Å². The molecule has 0 bridgehead atoms. The molecule has 1 amide bonds. The molecular weight excluding hydrogens is 487 g/mol. The number of rotatable bonds is 6. The van der Waals surface area contributed by atoms with E-state index in [2.05, 4.69) is 9.47 Å². The van der Waals surface area contributed by atoms with Crippen molar-refractivity contribution in [2.24, 2.45) is 0 Å². The van der Waals surface area contributed by atoms with Crippen molar-refractivity contribution in [3.8, 4) is 22.6 Å². The molecule has 0 aliphatic heterocycles. The fourth-order valence-corrected chi connectivity index (χ4v) is 3.52. The van der Waals surface area contributed by atoms with Crippen LogP contribution in [0.5, 0.6) is 11.5 Å².